The highest BCUT2D eigenvalue weighted by molar-refractivity contribution is 6.30. The number of likely N-dealkylation sites (tertiary alicyclic amines) is 1. The Balaban J connectivity index is 1.25. The van der Waals surface area contributed by atoms with E-state index in [1.807, 2.05) is 30.6 Å². The fraction of sp³-hybridized carbons (Fsp3) is 0.667. The summed E-state index contributed by atoms with van der Waals surface area (Å²) >= 11 is 6.13. The molecule has 5 heterocycles. The van der Waals surface area contributed by atoms with Gasteiger partial charge in [0.2, 0.25) is 5.88 Å². The van der Waals surface area contributed by atoms with Crippen molar-refractivity contribution in [2.75, 3.05) is 51.3 Å². The number of hydrogen-bond donors (Lipinski definition) is 0. The van der Waals surface area contributed by atoms with E-state index in [4.69, 9.17) is 30.8 Å². The Kier molecular flexibility index (Phi) is 8.23. The average molecular weight is 639 g/mol. The molecule has 0 unspecified atom stereocenters. The number of halogens is 4. The van der Waals surface area contributed by atoms with Crippen molar-refractivity contribution in [2.24, 2.45) is 5.41 Å². The minimum Gasteiger partial charge on any atom is -0.480 e. The summed E-state index contributed by atoms with van der Waals surface area (Å²) in [4.78, 5) is 32.3. The number of amides is 1. The number of rotatable bonds is 7. The molecule has 10 nitrogen and oxygen atoms in total. The van der Waals surface area contributed by atoms with E-state index >= 15 is 4.39 Å². The number of piperazine rings is 1. The first-order valence-corrected chi connectivity index (χ1v) is 15.5. The van der Waals surface area contributed by atoms with Crippen LogP contribution in [0.5, 0.6) is 11.9 Å². The molecule has 0 aromatic carbocycles. The summed E-state index contributed by atoms with van der Waals surface area (Å²) in [5.74, 6) is -0.305. The SMILES string of the molecule is COc1nc(Cl)c(F)c2nc(OCC3(CN4CCC(=C(F)F)CC4)CC3)nc(N3C[C@H]4CC[C@@H](C3)N4C(=O)OC(C)(C)C)c12. The average Bonchev–Trinajstić information content (AvgIpc) is 3.68. The number of methoxy groups -OCH3 is 1. The van der Waals surface area contributed by atoms with E-state index < -0.39 is 17.5 Å². The lowest BCUT2D eigenvalue weighted by Crippen LogP contribution is -2.57. The zero-order valence-electron chi connectivity index (χ0n) is 25.5. The van der Waals surface area contributed by atoms with Crippen LogP contribution in [-0.2, 0) is 4.74 Å². The number of pyridine rings is 1. The Morgan fingerprint density at radius 1 is 1.07 bits per heavy atom. The highest BCUT2D eigenvalue weighted by Crippen LogP contribution is 2.47. The molecule has 14 heteroatoms. The van der Waals surface area contributed by atoms with Gasteiger partial charge in [-0.05, 0) is 64.9 Å². The predicted octanol–water partition coefficient (Wildman–Crippen LogP) is 5.82. The molecule has 0 radical (unpaired) electrons. The Morgan fingerprint density at radius 2 is 1.73 bits per heavy atom. The predicted molar refractivity (Wildman–Crippen MR) is 158 cm³/mol. The summed E-state index contributed by atoms with van der Waals surface area (Å²) in [7, 11) is 1.42. The van der Waals surface area contributed by atoms with Crippen LogP contribution < -0.4 is 14.4 Å². The maximum absolute atomic E-state index is 15.5. The first-order valence-electron chi connectivity index (χ1n) is 15.1. The molecule has 2 bridgehead atoms. The Bertz CT molecular complexity index is 1460. The molecule has 6 rings (SSSR count). The van der Waals surface area contributed by atoms with Gasteiger partial charge in [-0.1, -0.05) is 11.6 Å². The molecule has 44 heavy (non-hydrogen) atoms. The van der Waals surface area contributed by atoms with E-state index in [1.54, 1.807) is 0 Å². The summed E-state index contributed by atoms with van der Waals surface area (Å²) in [6.07, 6.45) is 2.30. The molecule has 1 amide bonds. The molecule has 2 aromatic heterocycles. The summed E-state index contributed by atoms with van der Waals surface area (Å²) in [6, 6.07) is -0.225. The van der Waals surface area contributed by atoms with Gasteiger partial charge in [-0.15, -0.1) is 0 Å². The van der Waals surface area contributed by atoms with Gasteiger partial charge >= 0.3 is 12.1 Å². The number of piperidine rings is 1. The van der Waals surface area contributed by atoms with Crippen LogP contribution in [-0.4, -0.2) is 95.0 Å². The maximum Gasteiger partial charge on any atom is 0.410 e. The highest BCUT2D eigenvalue weighted by Gasteiger charge is 2.47. The van der Waals surface area contributed by atoms with E-state index in [9.17, 15) is 13.6 Å². The molecule has 4 fully saturated rings. The molecule has 2 aromatic rings. The Hall–Kier alpha value is -3.06. The summed E-state index contributed by atoms with van der Waals surface area (Å²) in [5, 5.41) is -0.0908. The molecule has 1 aliphatic carbocycles. The third-order valence-electron chi connectivity index (χ3n) is 9.00. The monoisotopic (exact) mass is 638 g/mol. The number of ether oxygens (including phenoxy) is 3. The van der Waals surface area contributed by atoms with Crippen molar-refractivity contribution in [3.63, 3.8) is 0 Å². The zero-order valence-corrected chi connectivity index (χ0v) is 26.2. The van der Waals surface area contributed by atoms with Crippen LogP contribution in [0.4, 0.5) is 23.8 Å². The highest BCUT2D eigenvalue weighted by atomic mass is 35.5. The van der Waals surface area contributed by atoms with Crippen molar-refractivity contribution in [3.8, 4) is 11.9 Å². The quantitative estimate of drug-likeness (QED) is 0.348. The van der Waals surface area contributed by atoms with E-state index in [1.165, 1.54) is 7.11 Å². The zero-order chi connectivity index (χ0) is 31.4. The van der Waals surface area contributed by atoms with Crippen LogP contribution >= 0.6 is 11.6 Å². The smallest absolute Gasteiger partial charge is 0.410 e. The Morgan fingerprint density at radius 3 is 2.30 bits per heavy atom. The van der Waals surface area contributed by atoms with E-state index in [-0.39, 0.29) is 57.1 Å². The number of aromatic nitrogens is 3. The van der Waals surface area contributed by atoms with Crippen LogP contribution in [0, 0.1) is 11.2 Å². The van der Waals surface area contributed by atoms with E-state index in [0.29, 0.717) is 51.4 Å². The Labute approximate surface area is 259 Å². The van der Waals surface area contributed by atoms with Gasteiger partial charge in [-0.3, -0.25) is 4.90 Å². The molecule has 0 spiro atoms. The van der Waals surface area contributed by atoms with Crippen molar-refractivity contribution >= 4 is 34.4 Å². The van der Waals surface area contributed by atoms with Crippen LogP contribution in [0.25, 0.3) is 10.9 Å². The number of carbonyl (C=O) groups is 1. The number of carbonyl (C=O) groups excluding carboxylic acids is 1. The summed E-state index contributed by atoms with van der Waals surface area (Å²) in [6.45, 7) is 8.62. The lowest BCUT2D eigenvalue weighted by Gasteiger charge is -2.42. The normalized spacial score (nSPS) is 23.2. The molecule has 4 aliphatic rings. The number of nitrogens with zero attached hydrogens (tertiary/aromatic N) is 6. The third-order valence-corrected chi connectivity index (χ3v) is 9.25. The number of fused-ring (bicyclic) bond motifs is 3. The van der Waals surface area contributed by atoms with Gasteiger partial charge in [0.25, 0.3) is 6.08 Å². The topological polar surface area (TPSA) is 93.2 Å². The molecule has 240 valence electrons. The third kappa shape index (κ3) is 6.22. The standard InChI is InChI=1S/C30H38ClF3N6O4/c1-29(2,3)44-28(41)40-18-5-6-19(40)14-39(13-18)25-20-22(21(32)23(31)36-26(20)42-4)35-27(37-25)43-16-30(9-10-30)15-38-11-7-17(8-12-38)24(33)34/h18-19H,5-16H2,1-4H3/t18-,19+. The second-order valence-electron chi connectivity index (χ2n) is 13.4. The van der Waals surface area contributed by atoms with E-state index in [2.05, 4.69) is 14.9 Å². The van der Waals surface area contributed by atoms with Gasteiger partial charge in [0.05, 0.1) is 25.8 Å². The van der Waals surface area contributed by atoms with Crippen LogP contribution in [0.2, 0.25) is 5.15 Å². The summed E-state index contributed by atoms with van der Waals surface area (Å²) in [5.41, 5.74) is -0.571. The van der Waals surface area contributed by atoms with Crippen LogP contribution in [0.1, 0.15) is 59.3 Å². The molecule has 1 saturated carbocycles. The van der Waals surface area contributed by atoms with Gasteiger partial charge in [-0.25, -0.2) is 9.18 Å². The first-order chi connectivity index (χ1) is 20.9. The van der Waals surface area contributed by atoms with Crippen molar-refractivity contribution in [1.82, 2.24) is 24.8 Å². The largest absolute Gasteiger partial charge is 0.480 e. The number of anilines is 1. The van der Waals surface area contributed by atoms with Gasteiger partial charge in [0.1, 0.15) is 22.3 Å². The van der Waals surface area contributed by atoms with Crippen LogP contribution in [0.3, 0.4) is 0 Å². The molecule has 3 saturated heterocycles. The molecular weight excluding hydrogens is 601 g/mol. The first kappa shape index (κ1) is 30.9. The fourth-order valence-electron chi connectivity index (χ4n) is 6.59. The summed E-state index contributed by atoms with van der Waals surface area (Å²) < 4.78 is 58.8. The second kappa shape index (κ2) is 11.7. The lowest BCUT2D eigenvalue weighted by molar-refractivity contribution is 0.0122. The van der Waals surface area contributed by atoms with Crippen molar-refractivity contribution in [2.45, 2.75) is 77.0 Å². The van der Waals surface area contributed by atoms with Gasteiger partial charge < -0.3 is 24.0 Å². The maximum atomic E-state index is 15.5. The molecule has 0 N–H and O–H groups in total. The van der Waals surface area contributed by atoms with E-state index in [0.717, 1.165) is 32.2 Å². The van der Waals surface area contributed by atoms with Gasteiger partial charge in [0.15, 0.2) is 11.0 Å². The van der Waals surface area contributed by atoms with Crippen molar-refractivity contribution in [3.05, 3.63) is 22.6 Å². The molecule has 3 aliphatic heterocycles. The lowest BCUT2D eigenvalue weighted by atomic mass is 10.0. The fourth-order valence-corrected chi connectivity index (χ4v) is 6.76. The second-order valence-corrected chi connectivity index (χ2v) is 13.7. The van der Waals surface area contributed by atoms with Crippen molar-refractivity contribution in [1.29, 1.82) is 0 Å². The minimum atomic E-state index is -1.56. The van der Waals surface area contributed by atoms with Crippen LogP contribution in [0.15, 0.2) is 11.7 Å². The van der Waals surface area contributed by atoms with Gasteiger partial charge in [0, 0.05) is 38.1 Å². The van der Waals surface area contributed by atoms with Gasteiger partial charge in [-0.2, -0.15) is 23.7 Å². The minimum absolute atomic E-state index is 0.00674. The van der Waals surface area contributed by atoms with Crippen molar-refractivity contribution < 1.29 is 32.2 Å². The molecule has 2 atom stereocenters. The number of hydrogen-bond acceptors (Lipinski definition) is 9. The molecular formula is C30H38ClF3N6O4.